The van der Waals surface area contributed by atoms with Crippen LogP contribution in [0, 0.1) is 0 Å². The smallest absolute Gasteiger partial charge is 0.243 e. The highest BCUT2D eigenvalue weighted by molar-refractivity contribution is 9.10. The van der Waals surface area contributed by atoms with Crippen LogP contribution in [0.2, 0.25) is 0 Å². The number of likely N-dealkylation sites (N-methyl/N-ethyl adjacent to an activating group) is 2. The zero-order chi connectivity index (χ0) is 14.8. The summed E-state index contributed by atoms with van der Waals surface area (Å²) in [5, 5.41) is 0. The largest absolute Gasteiger partial charge is 0.398 e. The van der Waals surface area contributed by atoms with Crippen molar-refractivity contribution in [3.8, 4) is 0 Å². The molecule has 0 saturated carbocycles. The average molecular weight is 350 g/mol. The van der Waals surface area contributed by atoms with Crippen molar-refractivity contribution in [1.82, 2.24) is 9.21 Å². The molecule has 1 aromatic rings. The number of sulfonamides is 1. The number of benzene rings is 1. The van der Waals surface area contributed by atoms with E-state index in [1.54, 1.807) is 14.1 Å². The molecule has 0 bridgehead atoms. The summed E-state index contributed by atoms with van der Waals surface area (Å²) in [6, 6.07) is 4.33. The minimum absolute atomic E-state index is 0.0858. The predicted molar refractivity (Wildman–Crippen MR) is 77.1 cm³/mol. The van der Waals surface area contributed by atoms with Gasteiger partial charge < -0.3 is 10.6 Å². The Morgan fingerprint density at radius 3 is 2.37 bits per heavy atom. The fourth-order valence-corrected chi connectivity index (χ4v) is 2.94. The number of rotatable bonds is 4. The molecule has 8 heteroatoms. The van der Waals surface area contributed by atoms with Crippen LogP contribution in [0.5, 0.6) is 0 Å². The van der Waals surface area contributed by atoms with Gasteiger partial charge in [-0.3, -0.25) is 4.79 Å². The molecular weight excluding hydrogens is 334 g/mol. The number of anilines is 1. The van der Waals surface area contributed by atoms with E-state index in [0.29, 0.717) is 10.2 Å². The molecule has 0 aliphatic carbocycles. The van der Waals surface area contributed by atoms with E-state index in [0.717, 1.165) is 4.31 Å². The Labute approximate surface area is 121 Å². The molecule has 106 valence electrons. The lowest BCUT2D eigenvalue weighted by atomic mass is 10.3. The van der Waals surface area contributed by atoms with E-state index in [1.807, 2.05) is 0 Å². The number of hydrogen-bond donors (Lipinski definition) is 1. The minimum atomic E-state index is -3.71. The molecule has 1 rings (SSSR count). The standard InChI is InChI=1S/C11H16BrN3O3S/c1-14(2)11(16)7-15(3)19(17,18)8-4-5-10(13)9(12)6-8/h4-6H,7,13H2,1-3H3. The first-order valence-electron chi connectivity index (χ1n) is 5.37. The molecule has 1 amide bonds. The van der Waals surface area contributed by atoms with E-state index in [-0.39, 0.29) is 17.3 Å². The van der Waals surface area contributed by atoms with Gasteiger partial charge in [0, 0.05) is 31.3 Å². The van der Waals surface area contributed by atoms with Crippen LogP contribution in [0.4, 0.5) is 5.69 Å². The third-order valence-electron chi connectivity index (χ3n) is 2.54. The number of carbonyl (C=O) groups is 1. The Kier molecular flexibility index (Phi) is 4.94. The number of hydrogen-bond acceptors (Lipinski definition) is 4. The number of carbonyl (C=O) groups excluding carboxylic acids is 1. The molecule has 6 nitrogen and oxygen atoms in total. The van der Waals surface area contributed by atoms with Gasteiger partial charge in [-0.25, -0.2) is 8.42 Å². The van der Waals surface area contributed by atoms with Gasteiger partial charge in [-0.15, -0.1) is 0 Å². The average Bonchev–Trinajstić information content (AvgIpc) is 2.32. The Hall–Kier alpha value is -1.12. The van der Waals surface area contributed by atoms with Crippen LogP contribution in [0.3, 0.4) is 0 Å². The van der Waals surface area contributed by atoms with Gasteiger partial charge in [0.05, 0.1) is 11.4 Å². The van der Waals surface area contributed by atoms with Crippen LogP contribution in [0.1, 0.15) is 0 Å². The van der Waals surface area contributed by atoms with Crippen LogP contribution in [0.15, 0.2) is 27.6 Å². The fraction of sp³-hybridized carbons (Fsp3) is 0.364. The summed E-state index contributed by atoms with van der Waals surface area (Å²) < 4.78 is 26.0. The minimum Gasteiger partial charge on any atom is -0.398 e. The number of nitrogen functional groups attached to an aromatic ring is 1. The highest BCUT2D eigenvalue weighted by Crippen LogP contribution is 2.24. The lowest BCUT2D eigenvalue weighted by Gasteiger charge is -2.19. The molecule has 0 unspecified atom stereocenters. The summed E-state index contributed by atoms with van der Waals surface area (Å²) in [6.45, 7) is -0.211. The van der Waals surface area contributed by atoms with Crippen molar-refractivity contribution < 1.29 is 13.2 Å². The third-order valence-corrected chi connectivity index (χ3v) is 5.02. The summed E-state index contributed by atoms with van der Waals surface area (Å²) in [6.07, 6.45) is 0. The lowest BCUT2D eigenvalue weighted by Crippen LogP contribution is -2.37. The summed E-state index contributed by atoms with van der Waals surface area (Å²) >= 11 is 3.18. The highest BCUT2D eigenvalue weighted by Gasteiger charge is 2.24. The molecule has 0 saturated heterocycles. The lowest BCUT2D eigenvalue weighted by molar-refractivity contribution is -0.128. The van der Waals surface area contributed by atoms with Gasteiger partial charge in [0.2, 0.25) is 15.9 Å². The maximum Gasteiger partial charge on any atom is 0.243 e. The van der Waals surface area contributed by atoms with Gasteiger partial charge in [0.15, 0.2) is 0 Å². The van der Waals surface area contributed by atoms with E-state index in [1.165, 1.54) is 30.1 Å². The van der Waals surface area contributed by atoms with Crippen LogP contribution < -0.4 is 5.73 Å². The van der Waals surface area contributed by atoms with Crippen LogP contribution >= 0.6 is 15.9 Å². The van der Waals surface area contributed by atoms with Crippen LogP contribution in [-0.2, 0) is 14.8 Å². The Balaban J connectivity index is 3.03. The number of nitrogens with zero attached hydrogens (tertiary/aromatic N) is 2. The van der Waals surface area contributed by atoms with Crippen molar-refractivity contribution in [2.45, 2.75) is 4.90 Å². The monoisotopic (exact) mass is 349 g/mol. The molecule has 0 atom stereocenters. The van der Waals surface area contributed by atoms with E-state index >= 15 is 0 Å². The van der Waals surface area contributed by atoms with Gasteiger partial charge >= 0.3 is 0 Å². The first kappa shape index (κ1) is 15.9. The summed E-state index contributed by atoms with van der Waals surface area (Å²) in [5.74, 6) is -0.291. The highest BCUT2D eigenvalue weighted by atomic mass is 79.9. The van der Waals surface area contributed by atoms with E-state index < -0.39 is 10.0 Å². The fourth-order valence-electron chi connectivity index (χ4n) is 1.27. The maximum atomic E-state index is 12.2. The third kappa shape index (κ3) is 3.68. The quantitative estimate of drug-likeness (QED) is 0.812. The molecular formula is C11H16BrN3O3S. The normalized spacial score (nSPS) is 11.6. The molecule has 2 N–H and O–H groups in total. The molecule has 19 heavy (non-hydrogen) atoms. The van der Waals surface area contributed by atoms with Crippen LogP contribution in [0.25, 0.3) is 0 Å². The molecule has 0 fully saturated rings. The van der Waals surface area contributed by atoms with Crippen molar-refractivity contribution in [3.05, 3.63) is 22.7 Å². The van der Waals surface area contributed by atoms with Gasteiger partial charge in [-0.05, 0) is 34.1 Å². The Morgan fingerprint density at radius 1 is 1.32 bits per heavy atom. The van der Waals surface area contributed by atoms with E-state index in [9.17, 15) is 13.2 Å². The second-order valence-corrected chi connectivity index (χ2v) is 7.13. The second-order valence-electron chi connectivity index (χ2n) is 4.23. The summed E-state index contributed by atoms with van der Waals surface area (Å²) in [7, 11) is 0.800. The molecule has 0 aliphatic rings. The van der Waals surface area contributed by atoms with Crippen molar-refractivity contribution in [3.63, 3.8) is 0 Å². The number of halogens is 1. The van der Waals surface area contributed by atoms with Crippen molar-refractivity contribution >= 4 is 37.5 Å². The van der Waals surface area contributed by atoms with Gasteiger partial charge in [0.25, 0.3) is 0 Å². The van der Waals surface area contributed by atoms with Crippen molar-refractivity contribution in [2.24, 2.45) is 0 Å². The van der Waals surface area contributed by atoms with Crippen molar-refractivity contribution in [1.29, 1.82) is 0 Å². The summed E-state index contributed by atoms with van der Waals surface area (Å²) in [4.78, 5) is 13.0. The Morgan fingerprint density at radius 2 is 1.89 bits per heavy atom. The van der Waals surface area contributed by atoms with Gasteiger partial charge in [-0.1, -0.05) is 0 Å². The van der Waals surface area contributed by atoms with E-state index in [2.05, 4.69) is 15.9 Å². The summed E-state index contributed by atoms with van der Waals surface area (Å²) in [5.41, 5.74) is 6.06. The number of nitrogens with two attached hydrogens (primary N) is 1. The molecule has 0 aromatic heterocycles. The second kappa shape index (κ2) is 5.89. The molecule has 0 spiro atoms. The number of amides is 1. The zero-order valence-corrected chi connectivity index (χ0v) is 13.3. The van der Waals surface area contributed by atoms with Crippen LogP contribution in [-0.4, -0.2) is 51.2 Å². The van der Waals surface area contributed by atoms with E-state index in [4.69, 9.17) is 5.73 Å². The SMILES string of the molecule is CN(C)C(=O)CN(C)S(=O)(=O)c1ccc(N)c(Br)c1. The first-order chi connectivity index (χ1) is 8.66. The van der Waals surface area contributed by atoms with Crippen molar-refractivity contribution in [2.75, 3.05) is 33.4 Å². The molecule has 0 heterocycles. The Bertz CT molecular complexity index is 587. The zero-order valence-electron chi connectivity index (χ0n) is 10.9. The van der Waals surface area contributed by atoms with Gasteiger partial charge in [-0.2, -0.15) is 4.31 Å². The molecule has 1 aromatic carbocycles. The maximum absolute atomic E-state index is 12.2. The molecule has 0 radical (unpaired) electrons. The molecule has 0 aliphatic heterocycles. The van der Waals surface area contributed by atoms with Gasteiger partial charge in [0.1, 0.15) is 0 Å². The topological polar surface area (TPSA) is 83.7 Å². The first-order valence-corrected chi connectivity index (χ1v) is 7.61. The predicted octanol–water partition coefficient (Wildman–Crippen LogP) is 0.740.